The van der Waals surface area contributed by atoms with E-state index in [4.69, 9.17) is 9.47 Å². The second-order valence-corrected chi connectivity index (χ2v) is 11.8. The van der Waals surface area contributed by atoms with Gasteiger partial charge in [0.2, 0.25) is 0 Å². The molecule has 3 N–H and O–H groups in total. The minimum Gasteiger partial charge on any atom is -0.493 e. The van der Waals surface area contributed by atoms with Gasteiger partial charge < -0.3 is 30.3 Å². The first kappa shape index (κ1) is 26.0. The van der Waals surface area contributed by atoms with Gasteiger partial charge in [-0.3, -0.25) is 9.69 Å². The summed E-state index contributed by atoms with van der Waals surface area (Å²) >= 11 is 1.55. The molecule has 0 radical (unpaired) electrons. The SMILES string of the molecule is COc1ccccc1Oc1ccc(N2C(=O)NC3=C(C(=O)NC4CCCN(C)C4)SC4NCCC2C34)c(C)c1. The number of nitrogens with one attached hydrogen (secondary N) is 3. The molecular formula is C29H35N5O4S. The molecule has 3 amide bonds. The topological polar surface area (TPSA) is 95.2 Å². The molecule has 0 saturated carbocycles. The lowest BCUT2D eigenvalue weighted by molar-refractivity contribution is -0.117. The molecule has 0 bridgehead atoms. The van der Waals surface area contributed by atoms with Crippen molar-refractivity contribution >= 4 is 29.4 Å². The average molecular weight is 550 g/mol. The number of likely N-dealkylation sites (tertiary alicyclic amines) is 1. The van der Waals surface area contributed by atoms with Crippen LogP contribution < -0.4 is 30.3 Å². The van der Waals surface area contributed by atoms with Crippen LogP contribution in [0.1, 0.15) is 24.8 Å². The first-order valence-corrected chi connectivity index (χ1v) is 14.5. The lowest BCUT2D eigenvalue weighted by Crippen LogP contribution is -2.62. The summed E-state index contributed by atoms with van der Waals surface area (Å²) in [5.74, 6) is 1.90. The molecule has 6 rings (SSSR count). The van der Waals surface area contributed by atoms with Gasteiger partial charge in [0, 0.05) is 29.9 Å². The Morgan fingerprint density at radius 2 is 1.97 bits per heavy atom. The molecule has 4 unspecified atom stereocenters. The highest BCUT2D eigenvalue weighted by Crippen LogP contribution is 2.48. The van der Waals surface area contributed by atoms with Crippen LogP contribution >= 0.6 is 11.8 Å². The van der Waals surface area contributed by atoms with E-state index < -0.39 is 0 Å². The number of carbonyl (C=O) groups excluding carboxylic acids is 2. The Hall–Kier alpha value is -3.21. The fourth-order valence-corrected chi connectivity index (χ4v) is 7.63. The van der Waals surface area contributed by atoms with Crippen LogP contribution in [0.3, 0.4) is 0 Å². The number of methoxy groups -OCH3 is 1. The van der Waals surface area contributed by atoms with Crippen LogP contribution in [0.4, 0.5) is 10.5 Å². The normalized spacial score (nSPS) is 26.6. The maximum absolute atomic E-state index is 13.6. The van der Waals surface area contributed by atoms with Gasteiger partial charge in [-0.1, -0.05) is 23.9 Å². The molecular weight excluding hydrogens is 514 g/mol. The van der Waals surface area contributed by atoms with Crippen molar-refractivity contribution in [3.05, 3.63) is 58.6 Å². The molecule has 4 heterocycles. The van der Waals surface area contributed by atoms with Gasteiger partial charge in [-0.2, -0.15) is 0 Å². The fraction of sp³-hybridized carbons (Fsp3) is 0.448. The molecule has 2 aromatic rings. The van der Waals surface area contributed by atoms with Crippen molar-refractivity contribution in [3.8, 4) is 17.2 Å². The molecule has 4 aliphatic heterocycles. The molecule has 9 nitrogen and oxygen atoms in total. The van der Waals surface area contributed by atoms with Crippen molar-refractivity contribution in [3.63, 3.8) is 0 Å². The van der Waals surface area contributed by atoms with E-state index in [1.54, 1.807) is 18.9 Å². The van der Waals surface area contributed by atoms with Gasteiger partial charge in [-0.15, -0.1) is 0 Å². The molecule has 3 fully saturated rings. The molecule has 10 heteroatoms. The summed E-state index contributed by atoms with van der Waals surface area (Å²) in [6.45, 7) is 4.68. The van der Waals surface area contributed by atoms with E-state index in [1.165, 1.54) is 0 Å². The Bertz CT molecular complexity index is 1320. The van der Waals surface area contributed by atoms with Gasteiger partial charge in [0.15, 0.2) is 11.5 Å². The third-order valence-corrected chi connectivity index (χ3v) is 9.39. The van der Waals surface area contributed by atoms with E-state index >= 15 is 0 Å². The quantitative estimate of drug-likeness (QED) is 0.505. The highest BCUT2D eigenvalue weighted by atomic mass is 32.2. The standard InChI is InChI=1S/C29H35N5O4S/c1-17-15-19(38-23-9-5-4-8-22(23)37-3)10-11-20(17)34-21-12-13-30-28-24(21)25(32-29(34)36)26(39-28)27(35)31-18-7-6-14-33(2)16-18/h4-5,8-11,15,18,21,24,28,30H,6-7,12-14,16H2,1-3H3,(H,31,35)(H,32,36). The molecule has 0 aliphatic carbocycles. The number of rotatable bonds is 6. The number of thioether (sulfide) groups is 1. The number of hydrogen-bond donors (Lipinski definition) is 3. The van der Waals surface area contributed by atoms with E-state index in [0.717, 1.165) is 55.8 Å². The number of aryl methyl sites for hydroxylation is 1. The molecule has 206 valence electrons. The molecule has 0 aromatic heterocycles. The van der Waals surface area contributed by atoms with Crippen molar-refractivity contribution in [2.24, 2.45) is 5.92 Å². The Morgan fingerprint density at radius 1 is 1.15 bits per heavy atom. The number of nitrogens with zero attached hydrogens (tertiary/aromatic N) is 2. The summed E-state index contributed by atoms with van der Waals surface area (Å²) in [6, 6.07) is 13.2. The molecule has 39 heavy (non-hydrogen) atoms. The third-order valence-electron chi connectivity index (χ3n) is 8.03. The lowest BCUT2D eigenvalue weighted by Gasteiger charge is -2.46. The van der Waals surface area contributed by atoms with Crippen molar-refractivity contribution in [1.29, 1.82) is 0 Å². The number of carbonyl (C=O) groups is 2. The van der Waals surface area contributed by atoms with E-state index in [-0.39, 0.29) is 35.3 Å². The Balaban J connectivity index is 1.24. The number of hydrogen-bond acceptors (Lipinski definition) is 7. The third kappa shape index (κ3) is 4.97. The van der Waals surface area contributed by atoms with E-state index in [0.29, 0.717) is 22.2 Å². The van der Waals surface area contributed by atoms with Crippen LogP contribution in [0.15, 0.2) is 53.1 Å². The number of urea groups is 1. The predicted octanol–water partition coefficient (Wildman–Crippen LogP) is 3.80. The van der Waals surface area contributed by atoms with Gasteiger partial charge in [-0.05, 0) is 82.2 Å². The number of anilines is 1. The number of para-hydroxylation sites is 2. The van der Waals surface area contributed by atoms with Crippen molar-refractivity contribution in [2.75, 3.05) is 38.7 Å². The summed E-state index contributed by atoms with van der Waals surface area (Å²) in [5.41, 5.74) is 2.54. The number of ether oxygens (including phenoxy) is 2. The van der Waals surface area contributed by atoms with Crippen LogP contribution in [0.5, 0.6) is 17.2 Å². The van der Waals surface area contributed by atoms with Crippen molar-refractivity contribution in [1.82, 2.24) is 20.9 Å². The van der Waals surface area contributed by atoms with Crippen molar-refractivity contribution in [2.45, 2.75) is 43.6 Å². The second-order valence-electron chi connectivity index (χ2n) is 10.7. The highest BCUT2D eigenvalue weighted by molar-refractivity contribution is 8.04. The zero-order valence-electron chi connectivity index (χ0n) is 22.5. The van der Waals surface area contributed by atoms with E-state index in [1.807, 2.05) is 54.3 Å². The summed E-state index contributed by atoms with van der Waals surface area (Å²) < 4.78 is 11.5. The van der Waals surface area contributed by atoms with Crippen LogP contribution in [0, 0.1) is 12.8 Å². The Kier molecular flexibility index (Phi) is 7.18. The Morgan fingerprint density at radius 3 is 2.74 bits per heavy atom. The first-order chi connectivity index (χ1) is 18.9. The predicted molar refractivity (Wildman–Crippen MR) is 152 cm³/mol. The van der Waals surface area contributed by atoms with Crippen LogP contribution in [-0.2, 0) is 4.79 Å². The van der Waals surface area contributed by atoms with Gasteiger partial charge in [0.25, 0.3) is 5.91 Å². The Labute approximate surface area is 233 Å². The molecule has 4 atom stereocenters. The second kappa shape index (κ2) is 10.7. The summed E-state index contributed by atoms with van der Waals surface area (Å²) in [7, 11) is 3.70. The monoisotopic (exact) mass is 549 g/mol. The van der Waals surface area contributed by atoms with Gasteiger partial charge in [0.1, 0.15) is 5.75 Å². The summed E-state index contributed by atoms with van der Waals surface area (Å²) in [5, 5.41) is 9.97. The molecule has 4 aliphatic rings. The minimum atomic E-state index is -0.196. The van der Waals surface area contributed by atoms with Crippen LogP contribution in [-0.4, -0.2) is 68.1 Å². The van der Waals surface area contributed by atoms with E-state index in [9.17, 15) is 9.59 Å². The van der Waals surface area contributed by atoms with Gasteiger partial charge in [-0.25, -0.2) is 4.79 Å². The van der Waals surface area contributed by atoms with Crippen molar-refractivity contribution < 1.29 is 19.1 Å². The summed E-state index contributed by atoms with van der Waals surface area (Å²) in [6.07, 6.45) is 2.86. The number of likely N-dealkylation sites (N-methyl/N-ethyl adjacent to an activating group) is 1. The average Bonchev–Trinajstić information content (AvgIpc) is 3.29. The largest absolute Gasteiger partial charge is 0.493 e. The van der Waals surface area contributed by atoms with Crippen LogP contribution in [0.2, 0.25) is 0 Å². The minimum absolute atomic E-state index is 0.0140. The maximum Gasteiger partial charge on any atom is 0.326 e. The molecule has 2 aromatic carbocycles. The zero-order chi connectivity index (χ0) is 27.1. The van der Waals surface area contributed by atoms with Gasteiger partial charge in [0.05, 0.1) is 23.4 Å². The smallest absolute Gasteiger partial charge is 0.326 e. The van der Waals surface area contributed by atoms with Crippen LogP contribution in [0.25, 0.3) is 0 Å². The lowest BCUT2D eigenvalue weighted by atomic mass is 9.86. The first-order valence-electron chi connectivity index (χ1n) is 13.6. The maximum atomic E-state index is 13.6. The summed E-state index contributed by atoms with van der Waals surface area (Å²) in [4.78, 5) is 31.8. The number of piperidine rings is 2. The number of amides is 3. The molecule has 3 saturated heterocycles. The highest BCUT2D eigenvalue weighted by Gasteiger charge is 2.52. The molecule has 0 spiro atoms. The number of benzene rings is 2. The van der Waals surface area contributed by atoms with Gasteiger partial charge >= 0.3 is 6.03 Å². The van der Waals surface area contributed by atoms with E-state index in [2.05, 4.69) is 27.9 Å². The fourth-order valence-electron chi connectivity index (χ4n) is 6.23. The zero-order valence-corrected chi connectivity index (χ0v) is 23.3.